The second-order valence-electron chi connectivity index (χ2n) is 3.65. The van der Waals surface area contributed by atoms with E-state index in [0.29, 0.717) is 6.42 Å². The fraction of sp³-hybridized carbons (Fsp3) is 0.800. The number of aliphatic hydroxyl groups is 1. The molecule has 5 nitrogen and oxygen atoms in total. The Morgan fingerprint density at radius 2 is 2.07 bits per heavy atom. The van der Waals surface area contributed by atoms with Crippen molar-refractivity contribution in [2.24, 2.45) is 0 Å². The van der Waals surface area contributed by atoms with Crippen LogP contribution in [0.2, 0.25) is 0 Å². The third-order valence-corrected chi connectivity index (χ3v) is 1.88. The molecule has 1 unspecified atom stereocenters. The maximum atomic E-state index is 11.4. The van der Waals surface area contributed by atoms with E-state index in [2.05, 4.69) is 5.32 Å². The van der Waals surface area contributed by atoms with Crippen LogP contribution in [0.1, 0.15) is 26.7 Å². The number of carbonyl (C=O) groups excluding carboxylic acids is 2. The molecule has 0 aromatic heterocycles. The van der Waals surface area contributed by atoms with Gasteiger partial charge < -0.3 is 15.3 Å². The van der Waals surface area contributed by atoms with Gasteiger partial charge in [0.25, 0.3) is 0 Å². The summed E-state index contributed by atoms with van der Waals surface area (Å²) in [7, 11) is 1.60. The number of likely N-dealkylation sites (N-methyl/N-ethyl adjacent to an activating group) is 1. The zero-order chi connectivity index (χ0) is 11.8. The first kappa shape index (κ1) is 13.9. The van der Waals surface area contributed by atoms with E-state index in [1.165, 1.54) is 4.90 Å². The van der Waals surface area contributed by atoms with Gasteiger partial charge in [0.2, 0.25) is 11.8 Å². The molecule has 0 aromatic carbocycles. The first-order chi connectivity index (χ1) is 6.97. The first-order valence-corrected chi connectivity index (χ1v) is 5.16. The minimum absolute atomic E-state index is 0.00204. The number of carbonyl (C=O) groups is 2. The minimum Gasteiger partial charge on any atom is -0.392 e. The van der Waals surface area contributed by atoms with Crippen LogP contribution in [-0.2, 0) is 9.59 Å². The van der Waals surface area contributed by atoms with E-state index < -0.39 is 6.10 Å². The number of nitrogens with one attached hydrogen (secondary N) is 1. The normalized spacial score (nSPS) is 12.0. The van der Waals surface area contributed by atoms with E-state index >= 15 is 0 Å². The second kappa shape index (κ2) is 7.23. The molecule has 15 heavy (non-hydrogen) atoms. The molecule has 0 rings (SSSR count). The van der Waals surface area contributed by atoms with Crippen LogP contribution in [-0.4, -0.2) is 48.1 Å². The van der Waals surface area contributed by atoms with Crippen LogP contribution in [0.15, 0.2) is 0 Å². The Morgan fingerprint density at radius 3 is 2.53 bits per heavy atom. The van der Waals surface area contributed by atoms with Crippen molar-refractivity contribution in [2.45, 2.75) is 32.8 Å². The Labute approximate surface area is 90.5 Å². The summed E-state index contributed by atoms with van der Waals surface area (Å²) in [6.07, 6.45) is 0.655. The molecule has 1 atom stereocenters. The van der Waals surface area contributed by atoms with Crippen LogP contribution in [0.25, 0.3) is 0 Å². The number of rotatable bonds is 6. The Balaban J connectivity index is 3.78. The summed E-state index contributed by atoms with van der Waals surface area (Å²) >= 11 is 0. The summed E-state index contributed by atoms with van der Waals surface area (Å²) in [5.74, 6) is -0.309. The fourth-order valence-electron chi connectivity index (χ4n) is 1.12. The van der Waals surface area contributed by atoms with Crippen LogP contribution in [0, 0.1) is 0 Å². The third kappa shape index (κ3) is 6.90. The topological polar surface area (TPSA) is 69.6 Å². The van der Waals surface area contributed by atoms with Crippen molar-refractivity contribution in [3.05, 3.63) is 0 Å². The molecule has 5 heteroatoms. The molecule has 0 aliphatic carbocycles. The molecule has 88 valence electrons. The molecule has 0 aliphatic heterocycles. The molecule has 0 radical (unpaired) electrons. The van der Waals surface area contributed by atoms with Gasteiger partial charge in [-0.15, -0.1) is 0 Å². The lowest BCUT2D eigenvalue weighted by molar-refractivity contribution is -0.132. The number of amides is 2. The van der Waals surface area contributed by atoms with E-state index in [1.54, 1.807) is 14.0 Å². The molecule has 0 bridgehead atoms. The lowest BCUT2D eigenvalue weighted by atomic mass is 10.3. The molecular weight excluding hydrogens is 196 g/mol. The molecule has 2 N–H and O–H groups in total. The Hall–Kier alpha value is -1.10. The van der Waals surface area contributed by atoms with E-state index in [-0.39, 0.29) is 24.9 Å². The maximum absolute atomic E-state index is 11.4. The molecule has 0 heterocycles. The van der Waals surface area contributed by atoms with Crippen molar-refractivity contribution >= 4 is 11.8 Å². The maximum Gasteiger partial charge on any atom is 0.241 e. The van der Waals surface area contributed by atoms with Crippen molar-refractivity contribution < 1.29 is 14.7 Å². The monoisotopic (exact) mass is 216 g/mol. The molecule has 0 saturated heterocycles. The van der Waals surface area contributed by atoms with E-state index in [1.807, 2.05) is 6.92 Å². The highest BCUT2D eigenvalue weighted by Crippen LogP contribution is 1.90. The van der Waals surface area contributed by atoms with Crippen LogP contribution < -0.4 is 5.32 Å². The average molecular weight is 216 g/mol. The van der Waals surface area contributed by atoms with Crippen molar-refractivity contribution in [1.82, 2.24) is 10.2 Å². The average Bonchev–Trinajstić information content (AvgIpc) is 2.13. The molecule has 2 amide bonds. The standard InChI is InChI=1S/C10H20N2O3/c1-4-5-9(14)11-6-10(15)12(3)7-8(2)13/h8,13H,4-7H2,1-3H3,(H,11,14). The summed E-state index contributed by atoms with van der Waals surface area (Å²) in [6, 6.07) is 0. The van der Waals surface area contributed by atoms with Gasteiger partial charge in [-0.3, -0.25) is 9.59 Å². The van der Waals surface area contributed by atoms with Crippen molar-refractivity contribution in [3.63, 3.8) is 0 Å². The minimum atomic E-state index is -0.551. The summed E-state index contributed by atoms with van der Waals surface area (Å²) in [5.41, 5.74) is 0. The molecular formula is C10H20N2O3. The lowest BCUT2D eigenvalue weighted by Gasteiger charge is -2.18. The van der Waals surface area contributed by atoms with Crippen LogP contribution in [0.3, 0.4) is 0 Å². The highest BCUT2D eigenvalue weighted by Gasteiger charge is 2.11. The van der Waals surface area contributed by atoms with Gasteiger partial charge >= 0.3 is 0 Å². The Morgan fingerprint density at radius 1 is 1.47 bits per heavy atom. The SMILES string of the molecule is CCCC(=O)NCC(=O)N(C)CC(C)O. The van der Waals surface area contributed by atoms with Crippen molar-refractivity contribution in [1.29, 1.82) is 0 Å². The van der Waals surface area contributed by atoms with Crippen molar-refractivity contribution in [3.8, 4) is 0 Å². The zero-order valence-corrected chi connectivity index (χ0v) is 9.62. The highest BCUT2D eigenvalue weighted by atomic mass is 16.3. The predicted octanol–water partition coefficient (Wildman–Crippen LogP) is -0.258. The summed E-state index contributed by atoms with van der Waals surface area (Å²) in [5, 5.41) is 11.6. The zero-order valence-electron chi connectivity index (χ0n) is 9.62. The number of nitrogens with zero attached hydrogens (tertiary/aromatic N) is 1. The van der Waals surface area contributed by atoms with E-state index in [0.717, 1.165) is 6.42 Å². The van der Waals surface area contributed by atoms with Gasteiger partial charge in [-0.05, 0) is 13.3 Å². The van der Waals surface area contributed by atoms with Crippen LogP contribution in [0.5, 0.6) is 0 Å². The third-order valence-electron chi connectivity index (χ3n) is 1.88. The van der Waals surface area contributed by atoms with Crippen LogP contribution in [0.4, 0.5) is 0 Å². The number of hydrogen-bond acceptors (Lipinski definition) is 3. The molecule has 0 spiro atoms. The molecule has 0 aliphatic rings. The van der Waals surface area contributed by atoms with Gasteiger partial charge in [0.1, 0.15) is 0 Å². The van der Waals surface area contributed by atoms with Gasteiger partial charge in [0.05, 0.1) is 12.6 Å². The van der Waals surface area contributed by atoms with Gasteiger partial charge in [-0.1, -0.05) is 6.92 Å². The van der Waals surface area contributed by atoms with Gasteiger partial charge in [-0.25, -0.2) is 0 Å². The predicted molar refractivity (Wildman–Crippen MR) is 57.2 cm³/mol. The molecule has 0 fully saturated rings. The van der Waals surface area contributed by atoms with E-state index in [4.69, 9.17) is 5.11 Å². The fourth-order valence-corrected chi connectivity index (χ4v) is 1.12. The lowest BCUT2D eigenvalue weighted by Crippen LogP contribution is -2.40. The smallest absolute Gasteiger partial charge is 0.241 e. The van der Waals surface area contributed by atoms with Gasteiger partial charge in [-0.2, -0.15) is 0 Å². The number of aliphatic hydroxyl groups excluding tert-OH is 1. The van der Waals surface area contributed by atoms with Crippen LogP contribution >= 0.6 is 0 Å². The largest absolute Gasteiger partial charge is 0.392 e. The summed E-state index contributed by atoms with van der Waals surface area (Å²) in [6.45, 7) is 3.80. The van der Waals surface area contributed by atoms with Gasteiger partial charge in [0.15, 0.2) is 0 Å². The highest BCUT2D eigenvalue weighted by molar-refractivity contribution is 5.84. The quantitative estimate of drug-likeness (QED) is 0.643. The Kier molecular flexibility index (Phi) is 6.70. The molecule has 0 saturated carbocycles. The molecule has 0 aromatic rings. The number of hydrogen-bond donors (Lipinski definition) is 2. The second-order valence-corrected chi connectivity index (χ2v) is 3.65. The van der Waals surface area contributed by atoms with Gasteiger partial charge in [0, 0.05) is 20.0 Å². The summed E-state index contributed by atoms with van der Waals surface area (Å²) < 4.78 is 0. The van der Waals surface area contributed by atoms with E-state index in [9.17, 15) is 9.59 Å². The first-order valence-electron chi connectivity index (χ1n) is 5.16. The Bertz CT molecular complexity index is 217. The van der Waals surface area contributed by atoms with Crippen molar-refractivity contribution in [2.75, 3.05) is 20.1 Å². The summed E-state index contributed by atoms with van der Waals surface area (Å²) in [4.78, 5) is 23.8.